The van der Waals surface area contributed by atoms with Gasteiger partial charge in [-0.05, 0) is 31.4 Å². The lowest BCUT2D eigenvalue weighted by Crippen LogP contribution is -2.18. The molecule has 30 heavy (non-hydrogen) atoms. The highest BCUT2D eigenvalue weighted by atomic mass is 32.1. The van der Waals surface area contributed by atoms with Gasteiger partial charge < -0.3 is 4.74 Å². The number of benzene rings is 2. The van der Waals surface area contributed by atoms with Crippen LogP contribution in [0.5, 0.6) is 0 Å². The average Bonchev–Trinajstić information content (AvgIpc) is 3.17. The van der Waals surface area contributed by atoms with Crippen molar-refractivity contribution in [3.63, 3.8) is 0 Å². The predicted molar refractivity (Wildman–Crippen MR) is 126 cm³/mol. The zero-order valence-electron chi connectivity index (χ0n) is 18.0. The van der Waals surface area contributed by atoms with Gasteiger partial charge in [-0.3, -0.25) is 5.32 Å². The van der Waals surface area contributed by atoms with Crippen LogP contribution in [0.25, 0.3) is 21.8 Å². The van der Waals surface area contributed by atoms with Gasteiger partial charge in [0.05, 0.1) is 12.3 Å². The van der Waals surface area contributed by atoms with E-state index in [9.17, 15) is 4.79 Å². The highest BCUT2D eigenvalue weighted by Gasteiger charge is 2.13. The van der Waals surface area contributed by atoms with Crippen LogP contribution in [0.3, 0.4) is 0 Å². The molecular formula is C25H30N2O2S. The predicted octanol–water partition coefficient (Wildman–Crippen LogP) is 7.55. The van der Waals surface area contributed by atoms with Crippen molar-refractivity contribution < 1.29 is 9.53 Å². The third-order valence-corrected chi connectivity index (χ3v) is 6.24. The van der Waals surface area contributed by atoms with Crippen LogP contribution in [0.2, 0.25) is 0 Å². The van der Waals surface area contributed by atoms with E-state index in [1.54, 1.807) is 11.3 Å². The van der Waals surface area contributed by atoms with E-state index in [1.807, 2.05) is 42.5 Å². The maximum atomic E-state index is 12.1. The fourth-order valence-electron chi connectivity index (χ4n) is 3.33. The van der Waals surface area contributed by atoms with Crippen LogP contribution in [0.1, 0.15) is 44.4 Å². The molecule has 3 rings (SSSR count). The Hall–Kier alpha value is -2.66. The molecule has 0 saturated carbocycles. The molecule has 0 fully saturated rings. The van der Waals surface area contributed by atoms with Crippen LogP contribution >= 0.6 is 11.3 Å². The van der Waals surface area contributed by atoms with Gasteiger partial charge >= 0.3 is 6.09 Å². The third kappa shape index (κ3) is 5.92. The summed E-state index contributed by atoms with van der Waals surface area (Å²) in [4.78, 5) is 18.1. The van der Waals surface area contributed by atoms with Crippen molar-refractivity contribution in [1.29, 1.82) is 0 Å². The van der Waals surface area contributed by atoms with E-state index in [0.29, 0.717) is 12.5 Å². The average molecular weight is 423 g/mol. The molecule has 1 atom stereocenters. The minimum Gasteiger partial charge on any atom is -0.449 e. The van der Waals surface area contributed by atoms with Crippen molar-refractivity contribution in [2.75, 3.05) is 11.9 Å². The number of anilines is 1. The van der Waals surface area contributed by atoms with Crippen molar-refractivity contribution >= 4 is 23.1 Å². The molecule has 1 N–H and O–H groups in total. The number of hydrogen-bond acceptors (Lipinski definition) is 4. The molecule has 0 bridgehead atoms. The summed E-state index contributed by atoms with van der Waals surface area (Å²) in [5, 5.41) is 3.84. The first kappa shape index (κ1) is 22.0. The zero-order valence-corrected chi connectivity index (χ0v) is 18.8. The number of hydrogen-bond donors (Lipinski definition) is 1. The summed E-state index contributed by atoms with van der Waals surface area (Å²) in [5.41, 5.74) is 3.87. The first-order chi connectivity index (χ1) is 14.6. The van der Waals surface area contributed by atoms with Crippen molar-refractivity contribution in [2.24, 2.45) is 5.92 Å². The molecule has 2 aromatic carbocycles. The van der Waals surface area contributed by atoms with Crippen LogP contribution in [-0.4, -0.2) is 17.7 Å². The van der Waals surface area contributed by atoms with Gasteiger partial charge in [0.2, 0.25) is 0 Å². The van der Waals surface area contributed by atoms with Gasteiger partial charge in [0.25, 0.3) is 0 Å². The Kier molecular flexibility index (Phi) is 8.03. The summed E-state index contributed by atoms with van der Waals surface area (Å²) in [7, 11) is 0. The molecule has 0 aliphatic carbocycles. The molecule has 3 aromatic rings. The van der Waals surface area contributed by atoms with Crippen molar-refractivity contribution in [2.45, 2.75) is 46.5 Å². The molecule has 0 aliphatic rings. The number of nitrogens with zero attached hydrogens (tertiary/aromatic N) is 1. The number of unbranched alkanes of at least 4 members (excludes halogenated alkanes) is 1. The largest absolute Gasteiger partial charge is 0.449 e. The minimum absolute atomic E-state index is 0.395. The Labute approximate surface area is 183 Å². The number of amides is 1. The second-order valence-electron chi connectivity index (χ2n) is 7.51. The number of carbonyl (C=O) groups is 1. The lowest BCUT2D eigenvalue weighted by Gasteiger charge is -2.15. The Morgan fingerprint density at radius 1 is 1.07 bits per heavy atom. The van der Waals surface area contributed by atoms with E-state index in [1.165, 1.54) is 17.7 Å². The summed E-state index contributed by atoms with van der Waals surface area (Å²) in [5.74, 6) is 0.435. The highest BCUT2D eigenvalue weighted by molar-refractivity contribution is 7.15. The smallest absolute Gasteiger partial charge is 0.411 e. The number of aryl methyl sites for hydroxylation is 1. The van der Waals surface area contributed by atoms with Crippen LogP contribution in [0.4, 0.5) is 10.5 Å². The molecule has 4 nitrogen and oxygen atoms in total. The molecule has 1 amide bonds. The number of aromatic nitrogens is 1. The van der Waals surface area contributed by atoms with Gasteiger partial charge in [0.15, 0.2) is 0 Å². The first-order valence-electron chi connectivity index (χ1n) is 10.7. The van der Waals surface area contributed by atoms with Crippen molar-refractivity contribution in [3.05, 3.63) is 59.5 Å². The molecule has 0 radical (unpaired) electrons. The standard InChI is InChI=1S/C25H30N2O2S/c1-4-6-10-19(5-2)17-29-25(28)26-22-15-13-20(14-16-22)23-18(3)30-24(27-23)21-11-8-7-9-12-21/h7-9,11-16,19H,4-6,10,17H2,1-3H3,(H,26,28). The van der Waals surface area contributed by atoms with E-state index in [2.05, 4.69) is 38.2 Å². The molecule has 1 aromatic heterocycles. The minimum atomic E-state index is -0.395. The summed E-state index contributed by atoms with van der Waals surface area (Å²) < 4.78 is 5.42. The number of rotatable bonds is 9. The summed E-state index contributed by atoms with van der Waals surface area (Å²) in [6, 6.07) is 18.0. The monoisotopic (exact) mass is 422 g/mol. The van der Waals surface area contributed by atoms with Crippen LogP contribution in [0.15, 0.2) is 54.6 Å². The normalized spacial score (nSPS) is 11.8. The highest BCUT2D eigenvalue weighted by Crippen LogP contribution is 2.33. The summed E-state index contributed by atoms with van der Waals surface area (Å²) in [6.45, 7) is 6.88. The topological polar surface area (TPSA) is 51.2 Å². The number of nitrogens with one attached hydrogen (secondary N) is 1. The lowest BCUT2D eigenvalue weighted by molar-refractivity contribution is 0.136. The Bertz CT molecular complexity index is 936. The molecule has 158 valence electrons. The first-order valence-corrected chi connectivity index (χ1v) is 11.5. The van der Waals surface area contributed by atoms with Gasteiger partial charge in [-0.15, -0.1) is 11.3 Å². The Morgan fingerprint density at radius 2 is 1.80 bits per heavy atom. The van der Waals surface area contributed by atoms with Crippen molar-refractivity contribution in [1.82, 2.24) is 4.98 Å². The molecule has 0 aliphatic heterocycles. The lowest BCUT2D eigenvalue weighted by atomic mass is 10.0. The molecule has 5 heteroatoms. The summed E-state index contributed by atoms with van der Waals surface area (Å²) in [6.07, 6.45) is 4.08. The number of thiazole rings is 1. The van der Waals surface area contributed by atoms with Gasteiger partial charge in [-0.25, -0.2) is 9.78 Å². The Balaban J connectivity index is 1.60. The van der Waals surface area contributed by atoms with E-state index >= 15 is 0 Å². The maximum absolute atomic E-state index is 12.1. The van der Waals surface area contributed by atoms with Gasteiger partial charge in [-0.1, -0.05) is 75.6 Å². The van der Waals surface area contributed by atoms with E-state index in [4.69, 9.17) is 9.72 Å². The van der Waals surface area contributed by atoms with E-state index in [-0.39, 0.29) is 0 Å². The molecular weight excluding hydrogens is 392 g/mol. The van der Waals surface area contributed by atoms with Crippen molar-refractivity contribution in [3.8, 4) is 21.8 Å². The second-order valence-corrected chi connectivity index (χ2v) is 8.71. The molecule has 0 spiro atoms. The molecule has 1 heterocycles. The summed E-state index contributed by atoms with van der Waals surface area (Å²) >= 11 is 1.69. The third-order valence-electron chi connectivity index (χ3n) is 5.22. The number of carbonyl (C=O) groups excluding carboxylic acids is 1. The Morgan fingerprint density at radius 3 is 2.47 bits per heavy atom. The fraction of sp³-hybridized carbons (Fsp3) is 0.360. The van der Waals surface area contributed by atoms with Gasteiger partial charge in [-0.2, -0.15) is 0 Å². The maximum Gasteiger partial charge on any atom is 0.411 e. The number of ether oxygens (including phenoxy) is 1. The second kappa shape index (κ2) is 10.9. The van der Waals surface area contributed by atoms with E-state index in [0.717, 1.165) is 40.4 Å². The van der Waals surface area contributed by atoms with Crippen LogP contribution in [-0.2, 0) is 4.74 Å². The van der Waals surface area contributed by atoms with Crippen LogP contribution < -0.4 is 5.32 Å². The molecule has 1 unspecified atom stereocenters. The zero-order chi connectivity index (χ0) is 21.3. The fourth-order valence-corrected chi connectivity index (χ4v) is 4.27. The van der Waals surface area contributed by atoms with Crippen LogP contribution in [0, 0.1) is 12.8 Å². The SMILES string of the molecule is CCCCC(CC)COC(=O)Nc1ccc(-c2nc(-c3ccccc3)sc2C)cc1. The quantitative estimate of drug-likeness (QED) is 0.387. The molecule has 0 saturated heterocycles. The van der Waals surface area contributed by atoms with Gasteiger partial charge in [0, 0.05) is 21.7 Å². The van der Waals surface area contributed by atoms with Gasteiger partial charge in [0.1, 0.15) is 5.01 Å². The van der Waals surface area contributed by atoms with E-state index < -0.39 is 6.09 Å².